The summed E-state index contributed by atoms with van der Waals surface area (Å²) in [5.74, 6) is 0. The highest BCUT2D eigenvalue weighted by molar-refractivity contribution is 7.89. The highest BCUT2D eigenvalue weighted by Crippen LogP contribution is 2.23. The lowest BCUT2D eigenvalue weighted by Gasteiger charge is -2.31. The van der Waals surface area contributed by atoms with E-state index in [1.165, 1.54) is 0 Å². The summed E-state index contributed by atoms with van der Waals surface area (Å²) in [5.41, 5.74) is 6.99. The van der Waals surface area contributed by atoms with Crippen LogP contribution in [0, 0.1) is 0 Å². The van der Waals surface area contributed by atoms with Gasteiger partial charge in [0.05, 0.1) is 4.90 Å². The number of benzene rings is 3. The van der Waals surface area contributed by atoms with Crippen molar-refractivity contribution >= 4 is 10.0 Å². The SMILES string of the molecule is N[C@](Cc1ccccc1)(NS(=O)(=O)c1ccccc1)c1ccccc1. The molecule has 0 aliphatic heterocycles. The fourth-order valence-electron chi connectivity index (χ4n) is 2.75. The van der Waals surface area contributed by atoms with E-state index in [1.807, 2.05) is 60.7 Å². The largest absolute Gasteiger partial charge is 0.308 e. The van der Waals surface area contributed by atoms with Crippen LogP contribution in [0.3, 0.4) is 0 Å². The van der Waals surface area contributed by atoms with Gasteiger partial charge in [0.25, 0.3) is 0 Å². The monoisotopic (exact) mass is 352 g/mol. The average molecular weight is 352 g/mol. The van der Waals surface area contributed by atoms with Gasteiger partial charge in [-0.1, -0.05) is 78.9 Å². The van der Waals surface area contributed by atoms with Crippen molar-refractivity contribution in [3.05, 3.63) is 102 Å². The van der Waals surface area contributed by atoms with Crippen molar-refractivity contribution in [2.45, 2.75) is 17.0 Å². The minimum atomic E-state index is -3.76. The predicted molar refractivity (Wildman–Crippen MR) is 99.2 cm³/mol. The predicted octanol–water partition coefficient (Wildman–Crippen LogP) is 3.02. The number of hydrogen-bond donors (Lipinski definition) is 2. The van der Waals surface area contributed by atoms with Crippen molar-refractivity contribution in [3.63, 3.8) is 0 Å². The molecule has 0 heterocycles. The summed E-state index contributed by atoms with van der Waals surface area (Å²) in [5, 5.41) is 0. The molecular formula is C20H20N2O2S. The first-order valence-corrected chi connectivity index (χ1v) is 9.45. The van der Waals surface area contributed by atoms with E-state index in [2.05, 4.69) is 4.72 Å². The Balaban J connectivity index is 2.00. The number of hydrogen-bond acceptors (Lipinski definition) is 3. The molecule has 3 N–H and O–H groups in total. The van der Waals surface area contributed by atoms with Crippen LogP contribution in [-0.2, 0) is 22.1 Å². The summed E-state index contributed by atoms with van der Waals surface area (Å²) in [4.78, 5) is 0.189. The highest BCUT2D eigenvalue weighted by Gasteiger charge is 2.33. The van der Waals surface area contributed by atoms with Crippen molar-refractivity contribution in [1.82, 2.24) is 4.72 Å². The molecule has 5 heteroatoms. The average Bonchev–Trinajstić information content (AvgIpc) is 2.63. The van der Waals surface area contributed by atoms with E-state index in [-0.39, 0.29) is 4.90 Å². The Kier molecular flexibility index (Phi) is 4.99. The third kappa shape index (κ3) is 4.14. The molecule has 1 atom stereocenters. The first-order valence-electron chi connectivity index (χ1n) is 7.97. The Labute approximate surface area is 148 Å². The molecule has 128 valence electrons. The zero-order chi connectivity index (χ0) is 17.8. The summed E-state index contributed by atoms with van der Waals surface area (Å²) in [6, 6.07) is 27.1. The van der Waals surface area contributed by atoms with Crippen molar-refractivity contribution in [1.29, 1.82) is 0 Å². The maximum absolute atomic E-state index is 12.8. The molecule has 0 bridgehead atoms. The van der Waals surface area contributed by atoms with E-state index >= 15 is 0 Å². The van der Waals surface area contributed by atoms with Crippen LogP contribution in [0.4, 0.5) is 0 Å². The molecule has 3 aromatic rings. The van der Waals surface area contributed by atoms with Gasteiger partial charge in [0.2, 0.25) is 10.0 Å². The van der Waals surface area contributed by atoms with Crippen LogP contribution in [0.25, 0.3) is 0 Å². The van der Waals surface area contributed by atoms with E-state index in [0.717, 1.165) is 5.56 Å². The van der Waals surface area contributed by atoms with Crippen LogP contribution in [0.2, 0.25) is 0 Å². The van der Waals surface area contributed by atoms with Gasteiger partial charge in [0.1, 0.15) is 5.66 Å². The van der Waals surface area contributed by atoms with Crippen molar-refractivity contribution in [2.24, 2.45) is 5.73 Å². The Morgan fingerprint density at radius 2 is 1.24 bits per heavy atom. The molecule has 0 aliphatic rings. The summed E-state index contributed by atoms with van der Waals surface area (Å²) in [6.45, 7) is 0. The van der Waals surface area contributed by atoms with Gasteiger partial charge in [-0.2, -0.15) is 4.72 Å². The second-order valence-electron chi connectivity index (χ2n) is 5.92. The highest BCUT2D eigenvalue weighted by atomic mass is 32.2. The summed E-state index contributed by atoms with van der Waals surface area (Å²) >= 11 is 0. The van der Waals surface area contributed by atoms with Crippen LogP contribution < -0.4 is 10.5 Å². The van der Waals surface area contributed by atoms with E-state index < -0.39 is 15.7 Å². The first kappa shape index (κ1) is 17.4. The minimum absolute atomic E-state index is 0.189. The summed E-state index contributed by atoms with van der Waals surface area (Å²) < 4.78 is 28.3. The summed E-state index contributed by atoms with van der Waals surface area (Å²) in [7, 11) is -3.76. The maximum Gasteiger partial charge on any atom is 0.242 e. The third-order valence-electron chi connectivity index (χ3n) is 3.98. The lowest BCUT2D eigenvalue weighted by Crippen LogP contribution is -2.54. The van der Waals surface area contributed by atoms with Crippen LogP contribution in [-0.4, -0.2) is 8.42 Å². The molecule has 25 heavy (non-hydrogen) atoms. The Morgan fingerprint density at radius 3 is 1.80 bits per heavy atom. The van der Waals surface area contributed by atoms with E-state index in [1.54, 1.807) is 30.3 Å². The number of nitrogens with two attached hydrogens (primary N) is 1. The molecule has 0 radical (unpaired) electrons. The molecule has 0 aliphatic carbocycles. The molecule has 3 rings (SSSR count). The Morgan fingerprint density at radius 1 is 0.760 bits per heavy atom. The van der Waals surface area contributed by atoms with Crippen molar-refractivity contribution in [3.8, 4) is 0 Å². The molecule has 0 saturated carbocycles. The molecule has 0 unspecified atom stereocenters. The van der Waals surface area contributed by atoms with Gasteiger partial charge in [-0.15, -0.1) is 0 Å². The van der Waals surface area contributed by atoms with Gasteiger partial charge in [0.15, 0.2) is 0 Å². The van der Waals surface area contributed by atoms with Crippen LogP contribution in [0.15, 0.2) is 95.9 Å². The lowest BCUT2D eigenvalue weighted by molar-refractivity contribution is 0.404. The molecule has 3 aromatic carbocycles. The smallest absolute Gasteiger partial charge is 0.242 e. The molecule has 0 aromatic heterocycles. The molecule has 0 amide bonds. The lowest BCUT2D eigenvalue weighted by atomic mass is 9.94. The maximum atomic E-state index is 12.8. The minimum Gasteiger partial charge on any atom is -0.308 e. The molecule has 0 spiro atoms. The Hall–Kier alpha value is -2.47. The van der Waals surface area contributed by atoms with E-state index in [0.29, 0.717) is 12.0 Å². The molecule has 0 fully saturated rings. The van der Waals surface area contributed by atoms with Gasteiger partial charge in [-0.25, -0.2) is 8.42 Å². The third-order valence-corrected chi connectivity index (χ3v) is 5.51. The van der Waals surface area contributed by atoms with Crippen LogP contribution in [0.1, 0.15) is 11.1 Å². The van der Waals surface area contributed by atoms with Crippen molar-refractivity contribution < 1.29 is 8.42 Å². The molecule has 4 nitrogen and oxygen atoms in total. The normalized spacial score (nSPS) is 14.0. The van der Waals surface area contributed by atoms with Gasteiger partial charge in [-0.3, -0.25) is 0 Å². The quantitative estimate of drug-likeness (QED) is 0.670. The molecular weight excluding hydrogens is 332 g/mol. The number of rotatable bonds is 6. The number of nitrogens with one attached hydrogen (secondary N) is 1. The fourth-order valence-corrected chi connectivity index (χ4v) is 4.05. The number of sulfonamides is 1. The van der Waals surface area contributed by atoms with E-state index in [4.69, 9.17) is 5.73 Å². The topological polar surface area (TPSA) is 72.2 Å². The fraction of sp³-hybridized carbons (Fsp3) is 0.100. The van der Waals surface area contributed by atoms with Gasteiger partial charge in [0, 0.05) is 6.42 Å². The van der Waals surface area contributed by atoms with Crippen LogP contribution >= 0.6 is 0 Å². The first-order chi connectivity index (χ1) is 12.0. The second kappa shape index (κ2) is 7.19. The van der Waals surface area contributed by atoms with Crippen molar-refractivity contribution in [2.75, 3.05) is 0 Å². The zero-order valence-corrected chi connectivity index (χ0v) is 14.5. The van der Waals surface area contributed by atoms with E-state index in [9.17, 15) is 8.42 Å². The summed E-state index contributed by atoms with van der Waals surface area (Å²) in [6.07, 6.45) is 0.337. The van der Waals surface area contributed by atoms with Gasteiger partial charge >= 0.3 is 0 Å². The second-order valence-corrected chi connectivity index (χ2v) is 7.60. The molecule has 0 saturated heterocycles. The van der Waals surface area contributed by atoms with Gasteiger partial charge < -0.3 is 5.73 Å². The van der Waals surface area contributed by atoms with Crippen LogP contribution in [0.5, 0.6) is 0 Å². The standard InChI is InChI=1S/C20H20N2O2S/c21-20(18-12-6-2-7-13-18,16-17-10-4-1-5-11-17)22-25(23,24)19-14-8-3-9-15-19/h1-15,22H,16,21H2/t20-/m1/s1. The Bertz CT molecular complexity index is 914. The van der Waals surface area contributed by atoms with Gasteiger partial charge in [-0.05, 0) is 23.3 Å². The zero-order valence-electron chi connectivity index (χ0n) is 13.7.